The minimum atomic E-state index is -4.69. The number of nitrogens with zero attached hydrogens (tertiary/aromatic N) is 1. The Morgan fingerprint density at radius 3 is 1.19 bits per heavy atom. The van der Waals surface area contributed by atoms with E-state index in [1.165, 1.54) is 231 Å². The van der Waals surface area contributed by atoms with Crippen LogP contribution in [0.25, 0.3) is 0 Å². The summed E-state index contributed by atoms with van der Waals surface area (Å²) in [6.45, 7) is 6.86. The van der Waals surface area contributed by atoms with Gasteiger partial charge in [0.25, 0.3) is 7.82 Å². The van der Waals surface area contributed by atoms with E-state index < -0.39 is 20.0 Å². The third-order valence-electron chi connectivity index (χ3n) is 15.1. The number of phosphoric acid groups is 1. The van der Waals surface area contributed by atoms with Crippen LogP contribution in [-0.4, -0.2) is 69.4 Å². The lowest BCUT2D eigenvalue weighted by Gasteiger charge is -2.30. The zero-order valence-corrected chi connectivity index (χ0v) is 52.8. The lowest BCUT2D eigenvalue weighted by molar-refractivity contribution is -0.870. The number of hydrogen-bond donors (Lipinski definition) is 1. The first kappa shape index (κ1) is 75.2. The van der Waals surface area contributed by atoms with E-state index in [-0.39, 0.29) is 31.5 Å². The van der Waals surface area contributed by atoms with Gasteiger partial charge in [0.05, 0.1) is 33.8 Å². The molecular formula is C67H129N2O7P. The number of unbranched alkanes of at least 4 members (excludes halogenated alkanes) is 41. The van der Waals surface area contributed by atoms with Gasteiger partial charge in [0, 0.05) is 12.8 Å². The Morgan fingerprint density at radius 1 is 0.455 bits per heavy atom. The average Bonchev–Trinajstić information content (AvgIpc) is 3.39. The van der Waals surface area contributed by atoms with Crippen LogP contribution >= 0.6 is 7.82 Å². The van der Waals surface area contributed by atoms with Crippen LogP contribution in [0.1, 0.15) is 329 Å². The van der Waals surface area contributed by atoms with Crippen LogP contribution in [0.15, 0.2) is 36.5 Å². The minimum absolute atomic E-state index is 0.0196. The van der Waals surface area contributed by atoms with Gasteiger partial charge in [0.15, 0.2) is 0 Å². The highest BCUT2D eigenvalue weighted by Gasteiger charge is 2.27. The fourth-order valence-corrected chi connectivity index (χ4v) is 10.6. The summed E-state index contributed by atoms with van der Waals surface area (Å²) in [5.74, 6) is -0.525. The summed E-state index contributed by atoms with van der Waals surface area (Å²) in [5, 5.41) is 3.04. The molecule has 3 unspecified atom stereocenters. The smallest absolute Gasteiger partial charge is 0.306 e. The Hall–Kier alpha value is -1.77. The molecule has 0 fully saturated rings. The molecular weight excluding hydrogens is 976 g/mol. The maximum Gasteiger partial charge on any atom is 0.306 e. The second-order valence-corrected chi connectivity index (χ2v) is 25.4. The zero-order chi connectivity index (χ0) is 56.4. The molecule has 1 N–H and O–H groups in total. The van der Waals surface area contributed by atoms with E-state index in [1.807, 2.05) is 33.3 Å². The summed E-state index contributed by atoms with van der Waals surface area (Å²) in [6.07, 6.45) is 69.7. The van der Waals surface area contributed by atoms with Gasteiger partial charge in [-0.1, -0.05) is 289 Å². The topological polar surface area (TPSA) is 114 Å². The predicted octanol–water partition coefficient (Wildman–Crippen LogP) is 20.0. The Labute approximate surface area is 478 Å². The molecule has 10 heteroatoms. The molecule has 0 aromatic rings. The maximum atomic E-state index is 13.6. The molecule has 0 saturated carbocycles. The molecule has 0 spiro atoms. The normalized spacial score (nSPS) is 13.8. The number of ether oxygens (including phenoxy) is 1. The number of quaternary nitrogens is 1. The molecule has 3 atom stereocenters. The van der Waals surface area contributed by atoms with Crippen molar-refractivity contribution in [3.05, 3.63) is 36.5 Å². The number of carbonyl (C=O) groups excluding carboxylic acids is 2. The van der Waals surface area contributed by atoms with Crippen molar-refractivity contribution in [3.63, 3.8) is 0 Å². The van der Waals surface area contributed by atoms with Crippen LogP contribution in [-0.2, 0) is 27.9 Å². The molecule has 77 heavy (non-hydrogen) atoms. The molecule has 0 aromatic heterocycles. The van der Waals surface area contributed by atoms with Gasteiger partial charge in [-0.15, -0.1) is 0 Å². The fourth-order valence-electron chi connectivity index (χ4n) is 9.91. The molecule has 9 nitrogen and oxygen atoms in total. The maximum absolute atomic E-state index is 13.6. The van der Waals surface area contributed by atoms with Gasteiger partial charge < -0.3 is 28.5 Å². The van der Waals surface area contributed by atoms with Gasteiger partial charge in [-0.05, 0) is 63.9 Å². The molecule has 0 bridgehead atoms. The van der Waals surface area contributed by atoms with E-state index in [0.29, 0.717) is 17.4 Å². The first-order valence-corrected chi connectivity index (χ1v) is 34.8. The first-order chi connectivity index (χ1) is 37.4. The van der Waals surface area contributed by atoms with Crippen LogP contribution in [0.5, 0.6) is 0 Å². The molecule has 0 aliphatic heterocycles. The Balaban J connectivity index is 5.07. The lowest BCUT2D eigenvalue weighted by atomic mass is 10.0. The Kier molecular flexibility index (Phi) is 56.1. The monoisotopic (exact) mass is 1100 g/mol. The molecule has 0 aromatic carbocycles. The van der Waals surface area contributed by atoms with Gasteiger partial charge in [0.1, 0.15) is 19.3 Å². The molecule has 0 rings (SSSR count). The van der Waals surface area contributed by atoms with Crippen molar-refractivity contribution in [1.82, 2.24) is 5.32 Å². The van der Waals surface area contributed by atoms with Crippen molar-refractivity contribution in [2.45, 2.75) is 341 Å². The highest BCUT2D eigenvalue weighted by Crippen LogP contribution is 2.38. The molecule has 0 radical (unpaired) electrons. The van der Waals surface area contributed by atoms with Gasteiger partial charge in [0.2, 0.25) is 5.91 Å². The second kappa shape index (κ2) is 57.5. The van der Waals surface area contributed by atoms with Crippen LogP contribution in [0.4, 0.5) is 0 Å². The first-order valence-electron chi connectivity index (χ1n) is 33.3. The number of allylic oxidation sites excluding steroid dienone is 5. The largest absolute Gasteiger partial charge is 0.756 e. The van der Waals surface area contributed by atoms with E-state index in [4.69, 9.17) is 13.8 Å². The molecule has 1 amide bonds. The van der Waals surface area contributed by atoms with Crippen LogP contribution in [0, 0.1) is 0 Å². The van der Waals surface area contributed by atoms with Crippen molar-refractivity contribution < 1.29 is 37.3 Å². The van der Waals surface area contributed by atoms with Crippen molar-refractivity contribution in [2.24, 2.45) is 0 Å². The van der Waals surface area contributed by atoms with E-state index in [9.17, 15) is 19.0 Å². The van der Waals surface area contributed by atoms with E-state index in [2.05, 4.69) is 50.4 Å². The Bertz CT molecular complexity index is 1410. The highest BCUT2D eigenvalue weighted by atomic mass is 31.2. The van der Waals surface area contributed by atoms with Crippen molar-refractivity contribution >= 4 is 19.7 Å². The molecule has 0 saturated heterocycles. The average molecular weight is 1110 g/mol. The summed E-state index contributed by atoms with van der Waals surface area (Å²) in [6, 6.07) is -0.884. The van der Waals surface area contributed by atoms with Crippen LogP contribution in [0.3, 0.4) is 0 Å². The zero-order valence-electron chi connectivity index (χ0n) is 51.9. The number of likely N-dealkylation sites (N-methyl/N-ethyl adjacent to an activating group) is 1. The van der Waals surface area contributed by atoms with Gasteiger partial charge in [-0.2, -0.15) is 0 Å². The van der Waals surface area contributed by atoms with Gasteiger partial charge in [-0.25, -0.2) is 0 Å². The summed E-state index contributed by atoms with van der Waals surface area (Å²) >= 11 is 0. The highest BCUT2D eigenvalue weighted by molar-refractivity contribution is 7.45. The predicted molar refractivity (Wildman–Crippen MR) is 330 cm³/mol. The van der Waals surface area contributed by atoms with E-state index in [0.717, 1.165) is 64.2 Å². The number of esters is 1. The van der Waals surface area contributed by atoms with Crippen LogP contribution < -0.4 is 10.2 Å². The van der Waals surface area contributed by atoms with Crippen molar-refractivity contribution in [1.29, 1.82) is 0 Å². The van der Waals surface area contributed by atoms with Crippen molar-refractivity contribution in [2.75, 3.05) is 40.9 Å². The molecule has 0 aliphatic rings. The quantitative estimate of drug-likeness (QED) is 0.0212. The van der Waals surface area contributed by atoms with Gasteiger partial charge in [-0.3, -0.25) is 14.2 Å². The standard InChI is InChI=1S/C67H129N2O7P/c1-7-10-13-16-19-22-25-27-29-31-32-33-34-35-36-38-39-41-44-47-50-53-56-59-66(70)68-64(63-75-77(72,73)74-62-61-69(4,5)6)65(58-55-52-49-46-43-24-21-18-15-12-9-3)76-67(71)60-57-54-51-48-45-42-40-37-30-28-26-23-20-17-14-11-8-2/h19,22,27,29,55,58,64-65H,7-18,20-21,23-26,28,30-54,56-57,59-63H2,1-6H3,(H-,68,70,72,73)/b22-19-,29-27-,58-55-. The SMILES string of the molecule is CCCCC/C=C\C/C=C\CCCCCCCCCCCCCCCC(=O)NC(COP(=O)([O-])OCC[N+](C)(C)C)C(/C=C\CCCCCCCCCCC)OC(=O)CCCCCCCCCCCCCCCCCCC. The third-order valence-corrected chi connectivity index (χ3v) is 16.0. The second-order valence-electron chi connectivity index (χ2n) is 24.0. The lowest BCUT2D eigenvalue weighted by Crippen LogP contribution is -2.47. The Morgan fingerprint density at radius 2 is 0.792 bits per heavy atom. The fraction of sp³-hybridized carbons (Fsp3) is 0.881. The van der Waals surface area contributed by atoms with Crippen molar-refractivity contribution in [3.8, 4) is 0 Å². The van der Waals surface area contributed by atoms with Gasteiger partial charge >= 0.3 is 5.97 Å². The number of hydrogen-bond acceptors (Lipinski definition) is 7. The summed E-state index contributed by atoms with van der Waals surface area (Å²) < 4.78 is 30.4. The minimum Gasteiger partial charge on any atom is -0.756 e. The molecule has 0 heterocycles. The van der Waals surface area contributed by atoms with E-state index >= 15 is 0 Å². The number of carbonyl (C=O) groups is 2. The number of nitrogens with one attached hydrogen (secondary N) is 1. The van der Waals surface area contributed by atoms with E-state index in [1.54, 1.807) is 0 Å². The van der Waals surface area contributed by atoms with Crippen LogP contribution in [0.2, 0.25) is 0 Å². The third kappa shape index (κ3) is 58.7. The molecule has 454 valence electrons. The number of rotatable bonds is 61. The summed E-state index contributed by atoms with van der Waals surface area (Å²) in [4.78, 5) is 40.0. The summed E-state index contributed by atoms with van der Waals surface area (Å²) in [5.41, 5.74) is 0. The number of amides is 1. The number of phosphoric ester groups is 1. The summed E-state index contributed by atoms with van der Waals surface area (Å²) in [7, 11) is 1.20. The molecule has 0 aliphatic carbocycles.